The molecule has 0 aliphatic rings. The molecule has 0 aromatic heterocycles. The van der Waals surface area contributed by atoms with Gasteiger partial charge in [-0.15, -0.1) is 0 Å². The predicted molar refractivity (Wildman–Crippen MR) is 149 cm³/mol. The Labute approximate surface area is 215 Å². The molecule has 5 heteroatoms. The Morgan fingerprint density at radius 2 is 1.37 bits per heavy atom. The second-order valence-electron chi connectivity index (χ2n) is 12.2. The Bertz CT molecular complexity index is 978. The predicted octanol–water partition coefficient (Wildman–Crippen LogP) is 7.89. The Hall–Kier alpha value is -1.46. The summed E-state index contributed by atoms with van der Waals surface area (Å²) in [6, 6.07) is 4.61. The molecule has 0 unspecified atom stereocenters. The molecule has 0 fully saturated rings. The molecule has 0 bridgehead atoms. The highest BCUT2D eigenvalue weighted by Crippen LogP contribution is 2.38. The van der Waals surface area contributed by atoms with Crippen LogP contribution in [0.2, 0.25) is 0 Å². The number of rotatable bonds is 11. The van der Waals surface area contributed by atoms with Gasteiger partial charge in [-0.1, -0.05) is 80.5 Å². The molecular formula is C30H50O4S. The fourth-order valence-electron chi connectivity index (χ4n) is 4.19. The molecule has 0 aliphatic carbocycles. The lowest BCUT2D eigenvalue weighted by Gasteiger charge is -2.31. The largest absolute Gasteiger partial charge is 0.366 e. The zero-order chi connectivity index (χ0) is 27.5. The zero-order valence-electron chi connectivity index (χ0n) is 24.4. The highest BCUT2D eigenvalue weighted by atomic mass is 32.2. The fourth-order valence-corrected chi connectivity index (χ4v) is 4.65. The van der Waals surface area contributed by atoms with Crippen molar-refractivity contribution in [2.24, 2.45) is 5.41 Å². The van der Waals surface area contributed by atoms with Crippen molar-refractivity contribution in [2.45, 2.75) is 125 Å². The average Bonchev–Trinajstić information content (AvgIpc) is 2.70. The van der Waals surface area contributed by atoms with E-state index in [1.165, 1.54) is 28.5 Å². The third-order valence-electron chi connectivity index (χ3n) is 6.84. The molecule has 1 aromatic carbocycles. The third kappa shape index (κ3) is 8.86. The zero-order valence-corrected chi connectivity index (χ0v) is 25.3. The number of ether oxygens (including phenoxy) is 1. The minimum absolute atomic E-state index is 0.0952. The molecule has 200 valence electrons. The van der Waals surface area contributed by atoms with E-state index in [0.717, 1.165) is 5.57 Å². The normalized spacial score (nSPS) is 16.2. The SMILES string of the molecule is C/C(=C/[C@H](C)S(C)(=O)=O)[C@H](CC(=O)C(C)(C)C)O[C@@H](C)c1c(C(C)C)cc(C(C)C)cc1C(C)C. The Balaban J connectivity index is 3.61. The van der Waals surface area contributed by atoms with Gasteiger partial charge in [-0.3, -0.25) is 4.79 Å². The molecule has 0 N–H and O–H groups in total. The maximum atomic E-state index is 13.0. The summed E-state index contributed by atoms with van der Waals surface area (Å²) in [5.41, 5.74) is 5.35. The summed E-state index contributed by atoms with van der Waals surface area (Å²) in [4.78, 5) is 13.0. The van der Waals surface area contributed by atoms with E-state index in [1.54, 1.807) is 13.0 Å². The molecule has 3 atom stereocenters. The average molecular weight is 507 g/mol. The number of hydrogen-bond acceptors (Lipinski definition) is 4. The summed E-state index contributed by atoms with van der Waals surface area (Å²) >= 11 is 0. The van der Waals surface area contributed by atoms with E-state index in [2.05, 4.69) is 60.6 Å². The first-order chi connectivity index (χ1) is 15.8. The van der Waals surface area contributed by atoms with Gasteiger partial charge in [0.05, 0.1) is 17.5 Å². The maximum Gasteiger partial charge on any atom is 0.153 e. The minimum atomic E-state index is -3.23. The molecule has 0 amide bonds. The van der Waals surface area contributed by atoms with Gasteiger partial charge in [-0.05, 0) is 66.4 Å². The van der Waals surface area contributed by atoms with Crippen molar-refractivity contribution in [3.8, 4) is 0 Å². The lowest BCUT2D eigenvalue weighted by atomic mass is 9.82. The summed E-state index contributed by atoms with van der Waals surface area (Å²) < 4.78 is 30.9. The van der Waals surface area contributed by atoms with E-state index >= 15 is 0 Å². The number of sulfone groups is 1. The summed E-state index contributed by atoms with van der Waals surface area (Å²) in [6.07, 6.45) is 2.44. The van der Waals surface area contributed by atoms with E-state index in [9.17, 15) is 13.2 Å². The van der Waals surface area contributed by atoms with Gasteiger partial charge in [0.25, 0.3) is 0 Å². The van der Waals surface area contributed by atoms with Gasteiger partial charge in [-0.25, -0.2) is 8.42 Å². The van der Waals surface area contributed by atoms with Crippen LogP contribution in [0.4, 0.5) is 0 Å². The molecule has 35 heavy (non-hydrogen) atoms. The van der Waals surface area contributed by atoms with E-state index in [0.29, 0.717) is 17.8 Å². The molecule has 0 saturated heterocycles. The van der Waals surface area contributed by atoms with Crippen LogP contribution in [0.5, 0.6) is 0 Å². The summed E-state index contributed by atoms with van der Waals surface area (Å²) in [5, 5.41) is -0.642. The lowest BCUT2D eigenvalue weighted by molar-refractivity contribution is -0.129. The van der Waals surface area contributed by atoms with E-state index in [1.807, 2.05) is 27.7 Å². The molecule has 4 nitrogen and oxygen atoms in total. The van der Waals surface area contributed by atoms with Crippen molar-refractivity contribution >= 4 is 15.6 Å². The molecule has 1 rings (SSSR count). The summed E-state index contributed by atoms with van der Waals surface area (Å²) in [5.74, 6) is 1.17. The summed E-state index contributed by atoms with van der Waals surface area (Å²) in [6.45, 7) is 24.6. The molecule has 0 heterocycles. The van der Waals surface area contributed by atoms with E-state index < -0.39 is 26.6 Å². The van der Waals surface area contributed by atoms with Crippen molar-refractivity contribution in [2.75, 3.05) is 6.26 Å². The summed E-state index contributed by atoms with van der Waals surface area (Å²) in [7, 11) is -3.23. The molecule has 0 radical (unpaired) electrons. The van der Waals surface area contributed by atoms with Gasteiger partial charge in [0.15, 0.2) is 9.84 Å². The number of hydrogen-bond donors (Lipinski definition) is 0. The van der Waals surface area contributed by atoms with Gasteiger partial charge in [0, 0.05) is 18.1 Å². The number of Topliss-reactive ketones (excluding diaryl/α,β-unsaturated/α-hetero) is 1. The number of carbonyl (C=O) groups is 1. The Morgan fingerprint density at radius 3 is 1.71 bits per heavy atom. The second kappa shape index (κ2) is 12.2. The van der Waals surface area contributed by atoms with Crippen LogP contribution in [-0.4, -0.2) is 31.8 Å². The Morgan fingerprint density at radius 1 is 0.914 bits per heavy atom. The smallest absolute Gasteiger partial charge is 0.153 e. The van der Waals surface area contributed by atoms with Gasteiger partial charge in [-0.2, -0.15) is 0 Å². The quantitative estimate of drug-likeness (QED) is 0.286. The topological polar surface area (TPSA) is 60.4 Å². The standard InChI is InChI=1S/C30H50O4S/c1-18(2)24-15-25(19(3)4)29(26(16-24)20(5)6)23(9)34-27(17-28(31)30(10,11)12)21(7)14-22(8)35(13,32)33/h14-16,18-20,22-23,27H,17H2,1-13H3/b21-14-/t22-,23-,27-/m0/s1. The van der Waals surface area contributed by atoms with Crippen molar-refractivity contribution in [1.29, 1.82) is 0 Å². The maximum absolute atomic E-state index is 13.0. The van der Waals surface area contributed by atoms with Crippen LogP contribution in [0.1, 0.15) is 136 Å². The van der Waals surface area contributed by atoms with Crippen molar-refractivity contribution in [3.05, 3.63) is 46.0 Å². The highest BCUT2D eigenvalue weighted by Gasteiger charge is 2.30. The molecule has 0 saturated carbocycles. The van der Waals surface area contributed by atoms with Crippen LogP contribution < -0.4 is 0 Å². The molecule has 1 aromatic rings. The van der Waals surface area contributed by atoms with Crippen molar-refractivity contribution in [3.63, 3.8) is 0 Å². The van der Waals surface area contributed by atoms with E-state index in [4.69, 9.17) is 4.74 Å². The highest BCUT2D eigenvalue weighted by molar-refractivity contribution is 7.91. The first-order valence-corrected chi connectivity index (χ1v) is 15.0. The monoisotopic (exact) mass is 506 g/mol. The third-order valence-corrected chi connectivity index (χ3v) is 8.33. The van der Waals surface area contributed by atoms with E-state index in [-0.39, 0.29) is 18.3 Å². The first kappa shape index (κ1) is 31.6. The van der Waals surface area contributed by atoms with Gasteiger partial charge < -0.3 is 4.74 Å². The van der Waals surface area contributed by atoms with Crippen molar-refractivity contribution in [1.82, 2.24) is 0 Å². The van der Waals surface area contributed by atoms with Crippen LogP contribution >= 0.6 is 0 Å². The fraction of sp³-hybridized carbons (Fsp3) is 0.700. The number of ketones is 1. The lowest BCUT2D eigenvalue weighted by Crippen LogP contribution is -2.29. The van der Waals surface area contributed by atoms with Crippen molar-refractivity contribution < 1.29 is 17.9 Å². The first-order valence-electron chi connectivity index (χ1n) is 13.0. The van der Waals surface area contributed by atoms with Crippen LogP contribution in [0, 0.1) is 5.41 Å². The van der Waals surface area contributed by atoms with Crippen LogP contribution in [0.15, 0.2) is 23.8 Å². The van der Waals surface area contributed by atoms with Crippen LogP contribution in [0.25, 0.3) is 0 Å². The Kier molecular flexibility index (Phi) is 11.0. The van der Waals surface area contributed by atoms with Crippen LogP contribution in [-0.2, 0) is 19.4 Å². The van der Waals surface area contributed by atoms with Gasteiger partial charge >= 0.3 is 0 Å². The molecule has 0 spiro atoms. The molecular weight excluding hydrogens is 456 g/mol. The van der Waals surface area contributed by atoms with Gasteiger partial charge in [0.2, 0.25) is 0 Å². The minimum Gasteiger partial charge on any atom is -0.366 e. The van der Waals surface area contributed by atoms with Crippen LogP contribution in [0.3, 0.4) is 0 Å². The molecule has 0 aliphatic heterocycles. The second-order valence-corrected chi connectivity index (χ2v) is 14.6. The number of carbonyl (C=O) groups excluding carboxylic acids is 1. The number of benzene rings is 1. The van der Waals surface area contributed by atoms with Gasteiger partial charge in [0.1, 0.15) is 5.78 Å².